The number of hydrogen-bond acceptors (Lipinski definition) is 4. The molecule has 0 saturated heterocycles. The van der Waals surface area contributed by atoms with Crippen LogP contribution in [0.3, 0.4) is 0 Å². The van der Waals surface area contributed by atoms with Crippen LogP contribution < -0.4 is 0 Å². The topological polar surface area (TPSA) is 81.2 Å². The maximum atomic E-state index is 10.8. The molecule has 3 rings (SSSR count). The van der Waals surface area contributed by atoms with Gasteiger partial charge in [-0.05, 0) is 43.4 Å². The first-order valence-electron chi connectivity index (χ1n) is 6.57. The van der Waals surface area contributed by atoms with E-state index < -0.39 is 4.92 Å². The summed E-state index contributed by atoms with van der Waals surface area (Å²) < 4.78 is 1.83. The minimum atomic E-state index is -0.399. The van der Waals surface area contributed by atoms with Gasteiger partial charge >= 0.3 is 0 Å². The highest BCUT2D eigenvalue weighted by atomic mass is 16.6. The zero-order valence-corrected chi connectivity index (χ0v) is 11.2. The number of nitro benzene ring substituents is 1. The van der Waals surface area contributed by atoms with Crippen LogP contribution in [0.2, 0.25) is 0 Å². The molecule has 0 atom stereocenters. The van der Waals surface area contributed by atoms with Crippen LogP contribution in [0.4, 0.5) is 5.69 Å². The van der Waals surface area contributed by atoms with Crippen molar-refractivity contribution in [1.29, 1.82) is 0 Å². The van der Waals surface area contributed by atoms with Gasteiger partial charge in [-0.1, -0.05) is 0 Å². The number of nitro groups is 1. The molecule has 2 aromatic rings. The van der Waals surface area contributed by atoms with Crippen molar-refractivity contribution in [3.8, 4) is 5.69 Å². The lowest BCUT2D eigenvalue weighted by Gasteiger charge is -2.08. The molecule has 0 aliphatic heterocycles. The Kier molecular flexibility index (Phi) is 3.02. The van der Waals surface area contributed by atoms with E-state index in [2.05, 4.69) is 5.10 Å². The maximum absolute atomic E-state index is 10.8. The van der Waals surface area contributed by atoms with Crippen molar-refractivity contribution in [1.82, 2.24) is 9.78 Å². The number of non-ortho nitro benzene ring substituents is 1. The van der Waals surface area contributed by atoms with Crippen molar-refractivity contribution < 1.29 is 10.0 Å². The van der Waals surface area contributed by atoms with Gasteiger partial charge in [-0.3, -0.25) is 10.1 Å². The van der Waals surface area contributed by atoms with E-state index in [0.717, 1.165) is 47.5 Å². The van der Waals surface area contributed by atoms with Gasteiger partial charge in [0.25, 0.3) is 5.69 Å². The van der Waals surface area contributed by atoms with Crippen LogP contribution in [-0.2, 0) is 19.4 Å². The summed E-state index contributed by atoms with van der Waals surface area (Å²) in [6, 6.07) is 4.77. The summed E-state index contributed by atoms with van der Waals surface area (Å²) >= 11 is 0. The minimum absolute atomic E-state index is 0.0681. The number of rotatable bonds is 3. The maximum Gasteiger partial charge on any atom is 0.269 e. The summed E-state index contributed by atoms with van der Waals surface area (Å²) in [6.45, 7) is 1.77. The Morgan fingerprint density at radius 2 is 2.25 bits per heavy atom. The zero-order chi connectivity index (χ0) is 14.3. The molecule has 1 heterocycles. The molecule has 0 amide bonds. The Morgan fingerprint density at radius 1 is 1.45 bits per heavy atom. The Morgan fingerprint density at radius 3 is 2.90 bits per heavy atom. The van der Waals surface area contributed by atoms with Gasteiger partial charge in [0.05, 0.1) is 22.9 Å². The van der Waals surface area contributed by atoms with Crippen LogP contribution in [0.5, 0.6) is 0 Å². The average Bonchev–Trinajstić information content (AvgIpc) is 3.00. The Labute approximate surface area is 115 Å². The second-order valence-electron chi connectivity index (χ2n) is 5.02. The first-order valence-corrected chi connectivity index (χ1v) is 6.57. The second-order valence-corrected chi connectivity index (χ2v) is 5.02. The van der Waals surface area contributed by atoms with Gasteiger partial charge in [0.1, 0.15) is 0 Å². The first kappa shape index (κ1) is 12.8. The van der Waals surface area contributed by atoms with Crippen LogP contribution in [0, 0.1) is 17.0 Å². The first-order chi connectivity index (χ1) is 9.61. The lowest BCUT2D eigenvalue weighted by atomic mass is 10.1. The van der Waals surface area contributed by atoms with Crippen LogP contribution >= 0.6 is 0 Å². The van der Waals surface area contributed by atoms with Crippen LogP contribution in [0.15, 0.2) is 18.2 Å². The van der Waals surface area contributed by atoms with Crippen molar-refractivity contribution in [3.63, 3.8) is 0 Å². The molecular formula is C14H15N3O3. The lowest BCUT2D eigenvalue weighted by molar-refractivity contribution is -0.384. The number of aromatic nitrogens is 2. The molecular weight excluding hydrogens is 258 g/mol. The summed E-state index contributed by atoms with van der Waals surface area (Å²) in [5, 5.41) is 24.6. The van der Waals surface area contributed by atoms with Gasteiger partial charge in [0.2, 0.25) is 0 Å². The van der Waals surface area contributed by atoms with Crippen LogP contribution in [-0.4, -0.2) is 19.8 Å². The fourth-order valence-corrected chi connectivity index (χ4v) is 2.83. The van der Waals surface area contributed by atoms with E-state index in [-0.39, 0.29) is 12.3 Å². The molecule has 6 nitrogen and oxygen atoms in total. The third kappa shape index (κ3) is 1.89. The molecule has 1 aliphatic carbocycles. The third-order valence-electron chi connectivity index (χ3n) is 3.78. The van der Waals surface area contributed by atoms with Crippen LogP contribution in [0.1, 0.15) is 28.9 Å². The minimum Gasteiger partial charge on any atom is -0.390 e. The van der Waals surface area contributed by atoms with Crippen molar-refractivity contribution in [2.45, 2.75) is 32.8 Å². The summed E-state index contributed by atoms with van der Waals surface area (Å²) in [4.78, 5) is 10.4. The molecule has 0 fully saturated rings. The summed E-state index contributed by atoms with van der Waals surface area (Å²) in [5.74, 6) is 0. The molecule has 1 aliphatic rings. The van der Waals surface area contributed by atoms with Gasteiger partial charge in [-0.2, -0.15) is 5.10 Å². The molecule has 104 valence electrons. The molecule has 0 spiro atoms. The van der Waals surface area contributed by atoms with E-state index in [4.69, 9.17) is 0 Å². The summed E-state index contributed by atoms with van der Waals surface area (Å²) in [5.41, 5.74) is 4.69. The standard InChI is InChI=1S/C14H15N3O3/c1-9-7-10(17(19)20)5-6-13(9)16-14-4-2-3-11(14)12(8-18)15-16/h5-7,18H,2-4,8H2,1H3. The number of aliphatic hydroxyl groups is 1. The lowest BCUT2D eigenvalue weighted by Crippen LogP contribution is -2.04. The summed E-state index contributed by atoms with van der Waals surface area (Å²) in [6.07, 6.45) is 2.93. The van der Waals surface area contributed by atoms with E-state index in [1.54, 1.807) is 12.1 Å². The summed E-state index contributed by atoms with van der Waals surface area (Å²) in [7, 11) is 0. The predicted octanol–water partition coefficient (Wildman–Crippen LogP) is 2.07. The molecule has 0 radical (unpaired) electrons. The average molecular weight is 273 g/mol. The number of aliphatic hydroxyl groups excluding tert-OH is 1. The molecule has 1 aromatic heterocycles. The van der Waals surface area contributed by atoms with Gasteiger partial charge < -0.3 is 5.11 Å². The highest BCUT2D eigenvalue weighted by Gasteiger charge is 2.23. The van der Waals surface area contributed by atoms with E-state index >= 15 is 0 Å². The number of benzene rings is 1. The smallest absolute Gasteiger partial charge is 0.269 e. The van der Waals surface area contributed by atoms with Gasteiger partial charge in [0.15, 0.2) is 0 Å². The predicted molar refractivity (Wildman–Crippen MR) is 72.9 cm³/mol. The van der Waals surface area contributed by atoms with Gasteiger partial charge in [-0.25, -0.2) is 4.68 Å². The second kappa shape index (κ2) is 4.72. The Bertz CT molecular complexity index is 691. The van der Waals surface area contributed by atoms with E-state index in [1.165, 1.54) is 6.07 Å². The molecule has 0 bridgehead atoms. The van der Waals surface area contributed by atoms with Crippen molar-refractivity contribution >= 4 is 5.69 Å². The monoisotopic (exact) mass is 273 g/mol. The quantitative estimate of drug-likeness (QED) is 0.685. The third-order valence-corrected chi connectivity index (χ3v) is 3.78. The fourth-order valence-electron chi connectivity index (χ4n) is 2.83. The normalized spacial score (nSPS) is 13.5. The Hall–Kier alpha value is -2.21. The van der Waals surface area contributed by atoms with Gasteiger partial charge in [-0.15, -0.1) is 0 Å². The van der Waals surface area contributed by atoms with Crippen molar-refractivity contribution in [2.24, 2.45) is 0 Å². The zero-order valence-electron chi connectivity index (χ0n) is 11.2. The highest BCUT2D eigenvalue weighted by molar-refractivity contribution is 5.49. The number of nitrogens with zero attached hydrogens (tertiary/aromatic N) is 3. The molecule has 0 unspecified atom stereocenters. The molecule has 0 saturated carbocycles. The number of fused-ring (bicyclic) bond motifs is 1. The number of aryl methyl sites for hydroxylation is 1. The number of hydrogen-bond donors (Lipinski definition) is 1. The van der Waals surface area contributed by atoms with E-state index in [9.17, 15) is 15.2 Å². The van der Waals surface area contributed by atoms with E-state index in [1.807, 2.05) is 11.6 Å². The molecule has 1 aromatic carbocycles. The SMILES string of the molecule is Cc1cc([N+](=O)[O-])ccc1-n1nc(CO)c2c1CCC2. The molecule has 1 N–H and O–H groups in total. The van der Waals surface area contributed by atoms with Gasteiger partial charge in [0, 0.05) is 17.8 Å². The van der Waals surface area contributed by atoms with Crippen molar-refractivity contribution in [2.75, 3.05) is 0 Å². The molecule has 20 heavy (non-hydrogen) atoms. The molecule has 6 heteroatoms. The highest BCUT2D eigenvalue weighted by Crippen LogP contribution is 2.29. The van der Waals surface area contributed by atoms with Crippen LogP contribution in [0.25, 0.3) is 5.69 Å². The van der Waals surface area contributed by atoms with Crippen molar-refractivity contribution in [3.05, 3.63) is 50.8 Å². The largest absolute Gasteiger partial charge is 0.390 e. The van der Waals surface area contributed by atoms with E-state index in [0.29, 0.717) is 0 Å². The fraction of sp³-hybridized carbons (Fsp3) is 0.357. The Balaban J connectivity index is 2.12.